The first-order chi connectivity index (χ1) is 6.76. The molecule has 0 amide bonds. The summed E-state index contributed by atoms with van der Waals surface area (Å²) in [6.45, 7) is 2.40. The van der Waals surface area contributed by atoms with Gasteiger partial charge >= 0.3 is 5.97 Å². The van der Waals surface area contributed by atoms with Crippen LogP contribution in [0.1, 0.15) is 19.8 Å². The summed E-state index contributed by atoms with van der Waals surface area (Å²) >= 11 is 6.15. The van der Waals surface area contributed by atoms with Gasteiger partial charge in [-0.3, -0.25) is 0 Å². The maximum absolute atomic E-state index is 11.4. The summed E-state index contributed by atoms with van der Waals surface area (Å²) in [4.78, 5) is 15.2. The van der Waals surface area contributed by atoms with Gasteiger partial charge in [0.15, 0.2) is 6.04 Å². The van der Waals surface area contributed by atoms with Crippen molar-refractivity contribution in [3.8, 4) is 0 Å². The predicted molar refractivity (Wildman–Crippen MR) is 63.1 cm³/mol. The molecule has 1 unspecified atom stereocenters. The van der Waals surface area contributed by atoms with Crippen molar-refractivity contribution in [1.82, 2.24) is 0 Å². The van der Waals surface area contributed by atoms with Gasteiger partial charge < -0.3 is 4.74 Å². The molecular formula is C9H15NO2S2. The van der Waals surface area contributed by atoms with Crippen molar-refractivity contribution in [1.29, 1.82) is 0 Å². The third kappa shape index (κ3) is 6.13. The van der Waals surface area contributed by atoms with Crippen LogP contribution < -0.4 is 0 Å². The number of esters is 1. The van der Waals surface area contributed by atoms with E-state index in [4.69, 9.17) is 4.74 Å². The summed E-state index contributed by atoms with van der Waals surface area (Å²) in [6.07, 6.45) is 3.46. The topological polar surface area (TPSA) is 38.7 Å². The summed E-state index contributed by atoms with van der Waals surface area (Å²) in [5.74, 6) is 0.574. The quantitative estimate of drug-likeness (QED) is 0.384. The zero-order chi connectivity index (χ0) is 10.8. The van der Waals surface area contributed by atoms with Crippen molar-refractivity contribution in [3.63, 3.8) is 0 Å². The van der Waals surface area contributed by atoms with Gasteiger partial charge in [0.05, 0.1) is 11.8 Å². The van der Waals surface area contributed by atoms with Crippen LogP contribution in [0.5, 0.6) is 0 Å². The molecule has 0 saturated heterocycles. The number of thiocarbonyl (C=S) groups is 1. The maximum Gasteiger partial charge on any atom is 0.331 e. The Morgan fingerprint density at radius 3 is 2.93 bits per heavy atom. The van der Waals surface area contributed by atoms with Crippen LogP contribution in [0.15, 0.2) is 4.99 Å². The fourth-order valence-corrected chi connectivity index (χ4v) is 1.41. The number of nitrogens with zero attached hydrogens (tertiary/aromatic N) is 1. The molecule has 5 heteroatoms. The van der Waals surface area contributed by atoms with Crippen molar-refractivity contribution in [3.05, 3.63) is 0 Å². The van der Waals surface area contributed by atoms with Crippen LogP contribution in [0, 0.1) is 0 Å². The second-order valence-corrected chi connectivity index (χ2v) is 3.85. The number of ether oxygens (including phenoxy) is 1. The zero-order valence-electron chi connectivity index (χ0n) is 8.49. The lowest BCUT2D eigenvalue weighted by Crippen LogP contribution is -2.22. The molecular weight excluding hydrogens is 218 g/mol. The SMILES string of the molecule is CCCOC(=O)C(CCSC)N=C=S. The van der Waals surface area contributed by atoms with Crippen molar-refractivity contribution >= 4 is 35.1 Å². The summed E-state index contributed by atoms with van der Waals surface area (Å²) < 4.78 is 4.97. The van der Waals surface area contributed by atoms with Gasteiger partial charge in [-0.2, -0.15) is 11.8 Å². The minimum Gasteiger partial charge on any atom is -0.464 e. The van der Waals surface area contributed by atoms with Crippen LogP contribution >= 0.6 is 24.0 Å². The Hall–Kier alpha value is -0.380. The predicted octanol–water partition coefficient (Wildman–Crippen LogP) is 2.16. The molecule has 0 heterocycles. The van der Waals surface area contributed by atoms with E-state index in [1.807, 2.05) is 13.2 Å². The second-order valence-electron chi connectivity index (χ2n) is 2.69. The highest BCUT2D eigenvalue weighted by atomic mass is 32.2. The lowest BCUT2D eigenvalue weighted by molar-refractivity contribution is -0.145. The maximum atomic E-state index is 11.4. The molecule has 0 fully saturated rings. The summed E-state index contributed by atoms with van der Waals surface area (Å²) in [5, 5.41) is 2.23. The van der Waals surface area contributed by atoms with Gasteiger partial charge in [-0.05, 0) is 37.1 Å². The molecule has 0 spiro atoms. The standard InChI is InChI=1S/C9H15NO2S2/c1-3-5-12-9(11)8(10-7-13)4-6-14-2/h8H,3-6H2,1-2H3. The average molecular weight is 233 g/mol. The van der Waals surface area contributed by atoms with Gasteiger partial charge in [-0.15, -0.1) is 0 Å². The third-order valence-corrected chi connectivity index (χ3v) is 2.27. The minimum absolute atomic E-state index is 0.293. The van der Waals surface area contributed by atoms with E-state index in [-0.39, 0.29) is 5.97 Å². The molecule has 0 saturated carbocycles. The minimum atomic E-state index is -0.466. The number of carbonyl (C=O) groups excluding carboxylic acids is 1. The van der Waals surface area contributed by atoms with E-state index in [9.17, 15) is 4.79 Å². The Morgan fingerprint density at radius 1 is 1.71 bits per heavy atom. The average Bonchev–Trinajstić information content (AvgIpc) is 2.20. The number of carbonyl (C=O) groups is 1. The summed E-state index contributed by atoms with van der Waals surface area (Å²) in [5.41, 5.74) is 0. The molecule has 14 heavy (non-hydrogen) atoms. The van der Waals surface area contributed by atoms with Crippen molar-refractivity contribution in [2.24, 2.45) is 4.99 Å². The first-order valence-corrected chi connectivity index (χ1v) is 6.29. The van der Waals surface area contributed by atoms with Crippen molar-refractivity contribution in [2.75, 3.05) is 18.6 Å². The Bertz CT molecular complexity index is 215. The molecule has 0 rings (SSSR count). The molecule has 0 N–H and O–H groups in total. The fourth-order valence-electron chi connectivity index (χ4n) is 0.827. The van der Waals surface area contributed by atoms with Crippen LogP contribution in [0.4, 0.5) is 0 Å². The molecule has 0 aromatic heterocycles. The van der Waals surface area contributed by atoms with Crippen molar-refractivity contribution < 1.29 is 9.53 Å². The molecule has 1 atom stereocenters. The molecule has 80 valence electrons. The van der Waals surface area contributed by atoms with Crippen molar-refractivity contribution in [2.45, 2.75) is 25.8 Å². The number of rotatable bonds is 7. The largest absolute Gasteiger partial charge is 0.464 e. The van der Waals surface area contributed by atoms with Crippen LogP contribution in [-0.2, 0) is 9.53 Å². The van der Waals surface area contributed by atoms with E-state index < -0.39 is 6.04 Å². The number of hydrogen-bond donors (Lipinski definition) is 0. The molecule has 0 aromatic rings. The van der Waals surface area contributed by atoms with E-state index >= 15 is 0 Å². The van der Waals surface area contributed by atoms with Gasteiger partial charge in [-0.25, -0.2) is 9.79 Å². The van der Waals surface area contributed by atoms with Gasteiger partial charge in [-0.1, -0.05) is 6.92 Å². The molecule has 0 aliphatic carbocycles. The highest BCUT2D eigenvalue weighted by Gasteiger charge is 2.17. The van der Waals surface area contributed by atoms with E-state index in [1.165, 1.54) is 0 Å². The van der Waals surface area contributed by atoms with Gasteiger partial charge in [0.25, 0.3) is 0 Å². The Labute approximate surface area is 94.3 Å². The Morgan fingerprint density at radius 2 is 2.43 bits per heavy atom. The summed E-state index contributed by atoms with van der Waals surface area (Å²) in [6, 6.07) is -0.466. The normalized spacial score (nSPS) is 11.6. The van der Waals surface area contributed by atoms with Crippen LogP contribution in [-0.4, -0.2) is 35.8 Å². The highest BCUT2D eigenvalue weighted by Crippen LogP contribution is 2.06. The Balaban J connectivity index is 4.04. The van der Waals surface area contributed by atoms with E-state index in [2.05, 4.69) is 22.4 Å². The monoisotopic (exact) mass is 233 g/mol. The number of thioether (sulfide) groups is 1. The van der Waals surface area contributed by atoms with E-state index in [1.54, 1.807) is 11.8 Å². The van der Waals surface area contributed by atoms with E-state index in [0.717, 1.165) is 12.2 Å². The summed E-state index contributed by atoms with van der Waals surface area (Å²) in [7, 11) is 0. The smallest absolute Gasteiger partial charge is 0.331 e. The highest BCUT2D eigenvalue weighted by molar-refractivity contribution is 7.98. The van der Waals surface area contributed by atoms with Gasteiger partial charge in [0.2, 0.25) is 0 Å². The molecule has 0 aliphatic rings. The zero-order valence-corrected chi connectivity index (χ0v) is 10.1. The third-order valence-electron chi connectivity index (χ3n) is 1.52. The lowest BCUT2D eigenvalue weighted by atomic mass is 10.2. The van der Waals surface area contributed by atoms with Crippen LogP contribution in [0.25, 0.3) is 0 Å². The number of hydrogen-bond acceptors (Lipinski definition) is 5. The fraction of sp³-hybridized carbons (Fsp3) is 0.778. The first kappa shape index (κ1) is 13.6. The van der Waals surface area contributed by atoms with Crippen LogP contribution in [0.2, 0.25) is 0 Å². The molecule has 0 aliphatic heterocycles. The number of aliphatic imine (C=N–C) groups is 1. The van der Waals surface area contributed by atoms with E-state index in [0.29, 0.717) is 13.0 Å². The lowest BCUT2D eigenvalue weighted by Gasteiger charge is -2.09. The van der Waals surface area contributed by atoms with Gasteiger partial charge in [0.1, 0.15) is 0 Å². The van der Waals surface area contributed by atoms with Gasteiger partial charge in [0, 0.05) is 0 Å². The molecule has 3 nitrogen and oxygen atoms in total. The number of isothiocyanates is 1. The molecule has 0 bridgehead atoms. The first-order valence-electron chi connectivity index (χ1n) is 4.48. The molecule has 0 aromatic carbocycles. The second kappa shape index (κ2) is 9.19. The van der Waals surface area contributed by atoms with Crippen LogP contribution in [0.3, 0.4) is 0 Å². The Kier molecular flexibility index (Phi) is 8.94. The molecule has 0 radical (unpaired) electrons.